The number of ether oxygens (including phenoxy) is 2. The minimum Gasteiger partial charge on any atom is -0.468 e. The van der Waals surface area contributed by atoms with Gasteiger partial charge >= 0.3 is 24.3 Å². The Kier molecular flexibility index (Phi) is 8.24. The van der Waals surface area contributed by atoms with Crippen LogP contribution in [0.3, 0.4) is 0 Å². The molecule has 0 aliphatic rings. The highest BCUT2D eigenvalue weighted by atomic mass is 19.4. The standard InChI is InChI=1S/C18H18F6N2O6/c1-7(11(15(29)31-2)16(30)32-3)12(13(25)27)26-14(28)8-4-9(17(19,20)21)6-10(5-8)18(22,23)24/h4-7,11-12H,1-3H3,(H2,25,27)(H,26,28)/t7-,12-/m0/s1. The van der Waals surface area contributed by atoms with E-state index >= 15 is 0 Å². The first-order chi connectivity index (χ1) is 14.5. The minimum absolute atomic E-state index is 0.144. The van der Waals surface area contributed by atoms with E-state index in [0.29, 0.717) is 0 Å². The summed E-state index contributed by atoms with van der Waals surface area (Å²) in [6, 6.07) is -1.76. The van der Waals surface area contributed by atoms with Crippen LogP contribution in [0.15, 0.2) is 18.2 Å². The van der Waals surface area contributed by atoms with Crippen LogP contribution in [-0.4, -0.2) is 44.0 Å². The second kappa shape index (κ2) is 9.87. The van der Waals surface area contributed by atoms with Gasteiger partial charge in [0.1, 0.15) is 6.04 Å². The lowest BCUT2D eigenvalue weighted by atomic mass is 9.86. The average molecular weight is 472 g/mol. The maximum Gasteiger partial charge on any atom is 0.416 e. The summed E-state index contributed by atoms with van der Waals surface area (Å²) in [5, 5.41) is 1.86. The number of carbonyl (C=O) groups excluding carboxylic acids is 4. The van der Waals surface area contributed by atoms with Gasteiger partial charge in [-0.1, -0.05) is 6.92 Å². The van der Waals surface area contributed by atoms with Gasteiger partial charge in [-0.25, -0.2) is 0 Å². The molecule has 1 aromatic rings. The molecule has 178 valence electrons. The van der Waals surface area contributed by atoms with E-state index in [-0.39, 0.29) is 18.2 Å². The lowest BCUT2D eigenvalue weighted by Crippen LogP contribution is -2.52. The number of hydrogen-bond donors (Lipinski definition) is 2. The van der Waals surface area contributed by atoms with Crippen molar-refractivity contribution in [2.75, 3.05) is 14.2 Å². The number of alkyl halides is 6. The Labute approximate surface area is 177 Å². The Morgan fingerprint density at radius 3 is 1.59 bits per heavy atom. The van der Waals surface area contributed by atoms with Gasteiger partial charge < -0.3 is 20.5 Å². The molecule has 8 nitrogen and oxygen atoms in total. The number of esters is 2. The van der Waals surface area contributed by atoms with Crippen LogP contribution in [0, 0.1) is 11.8 Å². The fraction of sp³-hybridized carbons (Fsp3) is 0.444. The molecule has 32 heavy (non-hydrogen) atoms. The van der Waals surface area contributed by atoms with Crippen LogP contribution in [-0.2, 0) is 36.2 Å². The van der Waals surface area contributed by atoms with Crippen LogP contribution in [0.4, 0.5) is 26.3 Å². The molecule has 0 saturated heterocycles. The summed E-state index contributed by atoms with van der Waals surface area (Å²) in [6.07, 6.45) is -10.4. The number of halogens is 6. The van der Waals surface area contributed by atoms with Crippen molar-refractivity contribution >= 4 is 23.8 Å². The molecule has 1 rings (SSSR count). The second-order valence-corrected chi connectivity index (χ2v) is 6.53. The number of carbonyl (C=O) groups is 4. The zero-order valence-electron chi connectivity index (χ0n) is 16.8. The van der Waals surface area contributed by atoms with Crippen molar-refractivity contribution in [1.82, 2.24) is 5.32 Å². The van der Waals surface area contributed by atoms with E-state index in [1.54, 1.807) is 0 Å². The first-order valence-corrected chi connectivity index (χ1v) is 8.59. The van der Waals surface area contributed by atoms with Crippen LogP contribution in [0.2, 0.25) is 0 Å². The highest BCUT2D eigenvalue weighted by Crippen LogP contribution is 2.36. The molecule has 0 aromatic heterocycles. The van der Waals surface area contributed by atoms with Gasteiger partial charge in [0.05, 0.1) is 25.3 Å². The van der Waals surface area contributed by atoms with Gasteiger partial charge in [-0.3, -0.25) is 19.2 Å². The summed E-state index contributed by atoms with van der Waals surface area (Å²) >= 11 is 0. The van der Waals surface area contributed by atoms with Gasteiger partial charge in [-0.05, 0) is 18.2 Å². The molecule has 0 saturated carbocycles. The van der Waals surface area contributed by atoms with E-state index in [2.05, 4.69) is 9.47 Å². The second-order valence-electron chi connectivity index (χ2n) is 6.53. The lowest BCUT2D eigenvalue weighted by molar-refractivity contribution is -0.162. The van der Waals surface area contributed by atoms with Gasteiger partial charge in [0.25, 0.3) is 5.91 Å². The van der Waals surface area contributed by atoms with Crippen LogP contribution < -0.4 is 11.1 Å². The zero-order valence-corrected chi connectivity index (χ0v) is 16.8. The van der Waals surface area contributed by atoms with Crippen LogP contribution in [0.25, 0.3) is 0 Å². The number of primary amides is 1. The van der Waals surface area contributed by atoms with E-state index in [9.17, 15) is 45.5 Å². The van der Waals surface area contributed by atoms with E-state index < -0.39 is 70.7 Å². The third-order valence-corrected chi connectivity index (χ3v) is 4.40. The maximum absolute atomic E-state index is 13.0. The molecule has 0 spiro atoms. The third-order valence-electron chi connectivity index (χ3n) is 4.40. The Hall–Kier alpha value is -3.32. The molecule has 0 heterocycles. The van der Waals surface area contributed by atoms with Gasteiger partial charge in [0.15, 0.2) is 5.92 Å². The number of rotatable bonds is 7. The molecule has 0 aliphatic carbocycles. The Bertz CT molecular complexity index is 851. The van der Waals surface area contributed by atoms with Crippen molar-refractivity contribution in [3.8, 4) is 0 Å². The predicted molar refractivity (Wildman–Crippen MR) is 93.6 cm³/mol. The summed E-state index contributed by atoms with van der Waals surface area (Å²) in [6.45, 7) is 1.10. The fourth-order valence-electron chi connectivity index (χ4n) is 2.74. The Morgan fingerprint density at radius 1 is 0.875 bits per heavy atom. The van der Waals surface area contributed by atoms with Crippen LogP contribution in [0.5, 0.6) is 0 Å². The molecule has 0 bridgehead atoms. The summed E-state index contributed by atoms with van der Waals surface area (Å²) in [5.41, 5.74) is 0.559. The smallest absolute Gasteiger partial charge is 0.416 e. The first kappa shape index (κ1) is 26.7. The highest BCUT2D eigenvalue weighted by molar-refractivity contribution is 5.99. The summed E-state index contributed by atoms with van der Waals surface area (Å²) in [7, 11) is 1.81. The molecule has 0 radical (unpaired) electrons. The predicted octanol–water partition coefficient (Wildman–Crippen LogP) is 1.91. The molecule has 1 aromatic carbocycles. The van der Waals surface area contributed by atoms with Crippen molar-refractivity contribution < 1.29 is 55.0 Å². The quantitative estimate of drug-likeness (QED) is 0.355. The van der Waals surface area contributed by atoms with Crippen molar-refractivity contribution in [1.29, 1.82) is 0 Å². The number of nitrogens with two attached hydrogens (primary N) is 1. The maximum atomic E-state index is 13.0. The van der Waals surface area contributed by atoms with E-state index in [1.165, 1.54) is 0 Å². The molecule has 2 amide bonds. The Balaban J connectivity index is 3.41. The monoisotopic (exact) mass is 472 g/mol. The largest absolute Gasteiger partial charge is 0.468 e. The number of methoxy groups -OCH3 is 2. The topological polar surface area (TPSA) is 125 Å². The van der Waals surface area contributed by atoms with Gasteiger partial charge in [-0.15, -0.1) is 0 Å². The lowest BCUT2D eigenvalue weighted by Gasteiger charge is -2.27. The molecule has 0 fully saturated rings. The van der Waals surface area contributed by atoms with Crippen molar-refractivity contribution in [3.05, 3.63) is 34.9 Å². The number of nitrogens with one attached hydrogen (secondary N) is 1. The fourth-order valence-corrected chi connectivity index (χ4v) is 2.74. The van der Waals surface area contributed by atoms with Gasteiger partial charge in [0.2, 0.25) is 5.91 Å². The molecule has 2 atom stereocenters. The molecule has 3 N–H and O–H groups in total. The molecular formula is C18H18F6N2O6. The van der Waals surface area contributed by atoms with E-state index in [1.807, 2.05) is 5.32 Å². The van der Waals surface area contributed by atoms with Gasteiger partial charge in [0, 0.05) is 11.5 Å². The van der Waals surface area contributed by atoms with Crippen LogP contribution >= 0.6 is 0 Å². The van der Waals surface area contributed by atoms with E-state index in [4.69, 9.17) is 5.73 Å². The number of benzene rings is 1. The summed E-state index contributed by atoms with van der Waals surface area (Å²) < 4.78 is 86.9. The molecular weight excluding hydrogens is 454 g/mol. The van der Waals surface area contributed by atoms with Crippen molar-refractivity contribution in [3.63, 3.8) is 0 Å². The summed E-state index contributed by atoms with van der Waals surface area (Å²) in [5.74, 6) is -8.44. The SMILES string of the molecule is COC(=O)C(C(=O)OC)[C@H](C)[C@H](NC(=O)c1cc(C(F)(F)F)cc(C(F)(F)F)c1)C(N)=O. The molecule has 0 aliphatic heterocycles. The normalized spacial score (nSPS) is 13.8. The minimum atomic E-state index is -5.21. The van der Waals surface area contributed by atoms with Crippen molar-refractivity contribution in [2.24, 2.45) is 17.6 Å². The number of amides is 2. The number of hydrogen-bond acceptors (Lipinski definition) is 6. The first-order valence-electron chi connectivity index (χ1n) is 8.59. The zero-order chi connectivity index (χ0) is 25.0. The van der Waals surface area contributed by atoms with Crippen LogP contribution in [0.1, 0.15) is 28.4 Å². The Morgan fingerprint density at radius 2 is 1.28 bits per heavy atom. The summed E-state index contributed by atoms with van der Waals surface area (Å²) in [4.78, 5) is 48.1. The highest BCUT2D eigenvalue weighted by Gasteiger charge is 2.42. The molecule has 0 unspecified atom stereocenters. The van der Waals surface area contributed by atoms with Crippen molar-refractivity contribution in [2.45, 2.75) is 25.3 Å². The average Bonchev–Trinajstić information content (AvgIpc) is 2.69. The third kappa shape index (κ3) is 6.34. The van der Waals surface area contributed by atoms with E-state index in [0.717, 1.165) is 21.1 Å². The van der Waals surface area contributed by atoms with Gasteiger partial charge in [-0.2, -0.15) is 26.3 Å². The molecule has 14 heteroatoms.